The van der Waals surface area contributed by atoms with Gasteiger partial charge in [-0.1, -0.05) is 68.4 Å². The summed E-state index contributed by atoms with van der Waals surface area (Å²) in [4.78, 5) is 27.2. The average molecular weight is 504 g/mol. The van der Waals surface area contributed by atoms with Crippen LogP contribution in [0.5, 0.6) is 0 Å². The molecule has 5 nitrogen and oxygen atoms in total. The first-order chi connectivity index (χ1) is 18.5. The van der Waals surface area contributed by atoms with Gasteiger partial charge in [-0.25, -0.2) is 4.79 Å². The Morgan fingerprint density at radius 2 is 1.63 bits per heavy atom. The standard InChI is InChI=1S/C33H29NO4/c1-4-22(2)23-14-16-28(17-15-23)34-30(24-8-6-5-7-9-24)21-27(32(34)35)20-29-18-19-31(38-29)25-10-12-26(13-11-25)33(36)37-3/h5-22H,4H2,1-3H3/b27-20+/t22-/m0/s1. The zero-order valence-corrected chi connectivity index (χ0v) is 21.7. The molecule has 0 aliphatic carbocycles. The van der Waals surface area contributed by atoms with E-state index in [1.54, 1.807) is 35.2 Å². The number of esters is 1. The topological polar surface area (TPSA) is 59.8 Å². The van der Waals surface area contributed by atoms with Crippen LogP contribution in [0.25, 0.3) is 23.1 Å². The van der Waals surface area contributed by atoms with Gasteiger partial charge in [0.2, 0.25) is 0 Å². The highest BCUT2D eigenvalue weighted by Gasteiger charge is 2.30. The lowest BCUT2D eigenvalue weighted by molar-refractivity contribution is -0.113. The second-order valence-corrected chi connectivity index (χ2v) is 9.31. The summed E-state index contributed by atoms with van der Waals surface area (Å²) in [6.07, 6.45) is 4.74. The van der Waals surface area contributed by atoms with Gasteiger partial charge in [0.1, 0.15) is 11.5 Å². The van der Waals surface area contributed by atoms with Crippen molar-refractivity contribution in [3.05, 3.63) is 125 Å². The van der Waals surface area contributed by atoms with Gasteiger partial charge in [-0.15, -0.1) is 0 Å². The monoisotopic (exact) mass is 503 g/mol. The van der Waals surface area contributed by atoms with Crippen molar-refractivity contribution < 1.29 is 18.7 Å². The molecule has 0 saturated heterocycles. The van der Waals surface area contributed by atoms with E-state index in [0.29, 0.717) is 28.6 Å². The normalized spacial score (nSPS) is 15.0. The van der Waals surface area contributed by atoms with E-state index in [1.807, 2.05) is 60.7 Å². The predicted molar refractivity (Wildman–Crippen MR) is 151 cm³/mol. The molecule has 0 bridgehead atoms. The Bertz CT molecular complexity index is 1510. The molecule has 5 rings (SSSR count). The number of benzene rings is 3. The van der Waals surface area contributed by atoms with Crippen LogP contribution in [0.4, 0.5) is 5.69 Å². The van der Waals surface area contributed by atoms with Crippen molar-refractivity contribution in [1.29, 1.82) is 0 Å². The summed E-state index contributed by atoms with van der Waals surface area (Å²) < 4.78 is 10.8. The molecule has 0 saturated carbocycles. The van der Waals surface area contributed by atoms with Crippen LogP contribution in [0.2, 0.25) is 0 Å². The Kier molecular flexibility index (Phi) is 7.09. The van der Waals surface area contributed by atoms with Crippen LogP contribution in [0.1, 0.15) is 53.4 Å². The van der Waals surface area contributed by atoms with E-state index >= 15 is 0 Å². The molecule has 38 heavy (non-hydrogen) atoms. The molecule has 1 aliphatic heterocycles. The van der Waals surface area contributed by atoms with E-state index in [0.717, 1.165) is 28.9 Å². The fourth-order valence-electron chi connectivity index (χ4n) is 4.51. The van der Waals surface area contributed by atoms with Crippen molar-refractivity contribution >= 4 is 29.3 Å². The predicted octanol–water partition coefficient (Wildman–Crippen LogP) is 7.72. The summed E-state index contributed by atoms with van der Waals surface area (Å²) in [6, 6.07) is 28.8. The third-order valence-electron chi connectivity index (χ3n) is 6.90. The summed E-state index contributed by atoms with van der Waals surface area (Å²) in [5, 5.41) is 0. The van der Waals surface area contributed by atoms with Gasteiger partial charge < -0.3 is 9.15 Å². The van der Waals surface area contributed by atoms with Crippen LogP contribution in [0.3, 0.4) is 0 Å². The molecule has 1 atom stereocenters. The molecule has 0 spiro atoms. The maximum absolute atomic E-state index is 13.7. The molecule has 3 aromatic carbocycles. The lowest BCUT2D eigenvalue weighted by Gasteiger charge is -2.21. The second kappa shape index (κ2) is 10.8. The number of carbonyl (C=O) groups excluding carboxylic acids is 2. The summed E-state index contributed by atoms with van der Waals surface area (Å²) in [5.74, 6) is 1.17. The fraction of sp³-hybridized carbons (Fsp3) is 0.152. The van der Waals surface area contributed by atoms with Crippen molar-refractivity contribution in [3.63, 3.8) is 0 Å². The van der Waals surface area contributed by atoms with Crippen LogP contribution in [-0.4, -0.2) is 19.0 Å². The number of amides is 1. The third-order valence-corrected chi connectivity index (χ3v) is 6.90. The number of carbonyl (C=O) groups is 2. The van der Waals surface area contributed by atoms with Crippen molar-refractivity contribution in [2.45, 2.75) is 26.2 Å². The van der Waals surface area contributed by atoms with Gasteiger partial charge >= 0.3 is 5.97 Å². The zero-order chi connectivity index (χ0) is 26.6. The summed E-state index contributed by atoms with van der Waals surface area (Å²) in [6.45, 7) is 4.38. The van der Waals surface area contributed by atoms with Gasteiger partial charge in [0.05, 0.1) is 18.4 Å². The second-order valence-electron chi connectivity index (χ2n) is 9.31. The molecule has 0 radical (unpaired) electrons. The number of hydrogen-bond donors (Lipinski definition) is 0. The molecular weight excluding hydrogens is 474 g/mol. The quantitative estimate of drug-likeness (QED) is 0.191. The van der Waals surface area contributed by atoms with Gasteiger partial charge in [-0.05, 0) is 72.0 Å². The van der Waals surface area contributed by atoms with Gasteiger partial charge in [0.25, 0.3) is 5.91 Å². The van der Waals surface area contributed by atoms with E-state index < -0.39 is 0 Å². The van der Waals surface area contributed by atoms with Gasteiger partial charge in [0.15, 0.2) is 0 Å². The average Bonchev–Trinajstić information content (AvgIpc) is 3.57. The Labute approximate surface area is 222 Å². The van der Waals surface area contributed by atoms with E-state index in [4.69, 9.17) is 9.15 Å². The summed E-state index contributed by atoms with van der Waals surface area (Å²) in [5.41, 5.74) is 5.69. The Morgan fingerprint density at radius 1 is 0.921 bits per heavy atom. The highest BCUT2D eigenvalue weighted by molar-refractivity contribution is 6.23. The number of ether oxygens (including phenoxy) is 1. The van der Waals surface area contributed by atoms with Gasteiger partial charge in [-0.3, -0.25) is 9.69 Å². The molecule has 4 aromatic rings. The van der Waals surface area contributed by atoms with Crippen molar-refractivity contribution in [3.8, 4) is 11.3 Å². The van der Waals surface area contributed by atoms with Crippen LogP contribution in [0.15, 0.2) is 107 Å². The fourth-order valence-corrected chi connectivity index (χ4v) is 4.51. The van der Waals surface area contributed by atoms with Crippen LogP contribution in [0, 0.1) is 0 Å². The summed E-state index contributed by atoms with van der Waals surface area (Å²) in [7, 11) is 1.35. The number of methoxy groups -OCH3 is 1. The minimum atomic E-state index is -0.388. The number of furan rings is 1. The first-order valence-electron chi connectivity index (χ1n) is 12.7. The maximum Gasteiger partial charge on any atom is 0.337 e. The Morgan fingerprint density at radius 3 is 2.29 bits per heavy atom. The maximum atomic E-state index is 13.7. The zero-order valence-electron chi connectivity index (χ0n) is 21.7. The Balaban J connectivity index is 1.47. The first-order valence-corrected chi connectivity index (χ1v) is 12.7. The first kappa shape index (κ1) is 25.0. The minimum Gasteiger partial charge on any atom is -0.465 e. The highest BCUT2D eigenvalue weighted by Crippen LogP contribution is 2.36. The smallest absolute Gasteiger partial charge is 0.337 e. The molecular formula is C33H29NO4. The van der Waals surface area contributed by atoms with Crippen molar-refractivity contribution in [2.24, 2.45) is 0 Å². The molecule has 0 N–H and O–H groups in total. The number of anilines is 1. The largest absolute Gasteiger partial charge is 0.465 e. The van der Waals surface area contributed by atoms with Crippen LogP contribution < -0.4 is 4.90 Å². The highest BCUT2D eigenvalue weighted by atomic mass is 16.5. The number of rotatable bonds is 7. The molecule has 5 heteroatoms. The minimum absolute atomic E-state index is 0.111. The van der Waals surface area contributed by atoms with Crippen molar-refractivity contribution in [2.75, 3.05) is 12.0 Å². The molecule has 2 heterocycles. The number of hydrogen-bond acceptors (Lipinski definition) is 4. The van der Waals surface area contributed by atoms with Crippen LogP contribution in [-0.2, 0) is 9.53 Å². The van der Waals surface area contributed by atoms with Crippen molar-refractivity contribution in [1.82, 2.24) is 0 Å². The van der Waals surface area contributed by atoms with E-state index in [9.17, 15) is 9.59 Å². The lowest BCUT2D eigenvalue weighted by Crippen LogP contribution is -2.24. The summed E-state index contributed by atoms with van der Waals surface area (Å²) >= 11 is 0. The Hall–Kier alpha value is -4.64. The van der Waals surface area contributed by atoms with Gasteiger partial charge in [0, 0.05) is 16.8 Å². The molecule has 0 fully saturated rings. The molecule has 190 valence electrons. The van der Waals surface area contributed by atoms with Crippen LogP contribution >= 0.6 is 0 Å². The van der Waals surface area contributed by atoms with E-state index in [2.05, 4.69) is 26.0 Å². The van der Waals surface area contributed by atoms with E-state index in [-0.39, 0.29) is 11.9 Å². The van der Waals surface area contributed by atoms with E-state index in [1.165, 1.54) is 12.7 Å². The van der Waals surface area contributed by atoms with Gasteiger partial charge in [-0.2, -0.15) is 0 Å². The lowest BCUT2D eigenvalue weighted by atomic mass is 9.98. The molecule has 1 aliphatic rings. The molecule has 1 aromatic heterocycles. The molecule has 0 unspecified atom stereocenters. The number of nitrogens with zero attached hydrogens (tertiary/aromatic N) is 1. The third kappa shape index (κ3) is 4.96. The molecule has 1 amide bonds. The SMILES string of the molecule is CC[C@H](C)c1ccc(N2C(=O)/C(=C/c3ccc(-c4ccc(C(=O)OC)cc4)o3)C=C2c2ccccc2)cc1.